The smallest absolute Gasteiger partial charge is 0.243 e. The third-order valence-electron chi connectivity index (χ3n) is 5.36. The first-order chi connectivity index (χ1) is 11.0. The fourth-order valence-electron chi connectivity index (χ4n) is 3.90. The van der Waals surface area contributed by atoms with Crippen LogP contribution < -0.4 is 0 Å². The van der Waals surface area contributed by atoms with Gasteiger partial charge in [-0.3, -0.25) is 4.90 Å². The summed E-state index contributed by atoms with van der Waals surface area (Å²) in [6, 6.07) is 7.83. The number of nitrogens with zero attached hydrogens (tertiary/aromatic N) is 2. The molecule has 5 heteroatoms. The van der Waals surface area contributed by atoms with E-state index in [-0.39, 0.29) is 0 Å². The van der Waals surface area contributed by atoms with Crippen LogP contribution in [0.1, 0.15) is 38.2 Å². The van der Waals surface area contributed by atoms with Crippen LogP contribution in [0.3, 0.4) is 0 Å². The molecule has 1 saturated carbocycles. The molecule has 0 spiro atoms. The van der Waals surface area contributed by atoms with Gasteiger partial charge >= 0.3 is 0 Å². The van der Waals surface area contributed by atoms with Crippen molar-refractivity contribution in [1.29, 1.82) is 0 Å². The third kappa shape index (κ3) is 3.78. The van der Waals surface area contributed by atoms with Crippen molar-refractivity contribution in [2.45, 2.75) is 50.5 Å². The van der Waals surface area contributed by atoms with Gasteiger partial charge < -0.3 is 0 Å². The van der Waals surface area contributed by atoms with Crippen LogP contribution in [0.4, 0.5) is 0 Å². The largest absolute Gasteiger partial charge is 0.298 e. The molecule has 23 heavy (non-hydrogen) atoms. The summed E-state index contributed by atoms with van der Waals surface area (Å²) >= 11 is 0. The first kappa shape index (κ1) is 16.9. The highest BCUT2D eigenvalue weighted by Gasteiger charge is 2.32. The number of piperazine rings is 1. The minimum Gasteiger partial charge on any atom is -0.298 e. The molecule has 2 fully saturated rings. The molecule has 3 rings (SSSR count). The molecular formula is C18H28N2O2S. The van der Waals surface area contributed by atoms with Crippen LogP contribution in [-0.4, -0.2) is 49.8 Å². The van der Waals surface area contributed by atoms with Gasteiger partial charge in [-0.1, -0.05) is 37.5 Å². The summed E-state index contributed by atoms with van der Waals surface area (Å²) in [7, 11) is -3.34. The molecule has 1 aromatic carbocycles. The SMILES string of the molecule is Cc1ccc(S(=O)(=O)N2CCN([C@H]3CCC[C@H](C)C3)CC2)cc1. The maximum Gasteiger partial charge on any atom is 0.243 e. The first-order valence-electron chi connectivity index (χ1n) is 8.77. The van der Waals surface area contributed by atoms with Crippen molar-refractivity contribution in [2.24, 2.45) is 5.92 Å². The quantitative estimate of drug-likeness (QED) is 0.852. The van der Waals surface area contributed by atoms with Crippen molar-refractivity contribution >= 4 is 10.0 Å². The Morgan fingerprint density at radius 1 is 1.00 bits per heavy atom. The fourth-order valence-corrected chi connectivity index (χ4v) is 5.32. The second kappa shape index (κ2) is 6.91. The minimum atomic E-state index is -3.34. The molecule has 0 unspecified atom stereocenters. The number of hydrogen-bond acceptors (Lipinski definition) is 3. The van der Waals surface area contributed by atoms with Crippen LogP contribution in [0.15, 0.2) is 29.2 Å². The van der Waals surface area contributed by atoms with E-state index in [0.717, 1.165) is 24.6 Å². The second-order valence-electron chi connectivity index (χ2n) is 7.18. The average molecular weight is 337 g/mol. The summed E-state index contributed by atoms with van der Waals surface area (Å²) in [4.78, 5) is 2.93. The van der Waals surface area contributed by atoms with Gasteiger partial charge in [-0.15, -0.1) is 0 Å². The molecule has 1 aliphatic carbocycles. The van der Waals surface area contributed by atoms with E-state index in [1.165, 1.54) is 25.7 Å². The van der Waals surface area contributed by atoms with Crippen molar-refractivity contribution in [1.82, 2.24) is 9.21 Å². The van der Waals surface area contributed by atoms with Gasteiger partial charge in [0.25, 0.3) is 0 Å². The van der Waals surface area contributed by atoms with E-state index >= 15 is 0 Å². The molecule has 1 aliphatic heterocycles. The van der Waals surface area contributed by atoms with Gasteiger partial charge in [0.05, 0.1) is 4.90 Å². The Morgan fingerprint density at radius 2 is 1.65 bits per heavy atom. The maximum atomic E-state index is 12.7. The van der Waals surface area contributed by atoms with E-state index in [0.29, 0.717) is 24.0 Å². The molecule has 2 aliphatic rings. The second-order valence-corrected chi connectivity index (χ2v) is 9.12. The summed E-state index contributed by atoms with van der Waals surface area (Å²) < 4.78 is 27.1. The van der Waals surface area contributed by atoms with Crippen molar-refractivity contribution in [2.75, 3.05) is 26.2 Å². The van der Waals surface area contributed by atoms with Crippen LogP contribution in [0.5, 0.6) is 0 Å². The van der Waals surface area contributed by atoms with E-state index in [1.807, 2.05) is 19.1 Å². The van der Waals surface area contributed by atoms with E-state index in [4.69, 9.17) is 0 Å². The zero-order chi connectivity index (χ0) is 16.4. The predicted octanol–water partition coefficient (Wildman–Crippen LogP) is 2.88. The average Bonchev–Trinajstić information content (AvgIpc) is 2.55. The molecule has 0 amide bonds. The molecule has 128 valence electrons. The highest BCUT2D eigenvalue weighted by atomic mass is 32.2. The molecule has 0 bridgehead atoms. The summed E-state index contributed by atoms with van der Waals surface area (Å²) in [6.45, 7) is 7.26. The Labute approximate surface area is 140 Å². The van der Waals surface area contributed by atoms with Crippen LogP contribution >= 0.6 is 0 Å². The van der Waals surface area contributed by atoms with Crippen LogP contribution in [0, 0.1) is 12.8 Å². The number of benzene rings is 1. The highest BCUT2D eigenvalue weighted by molar-refractivity contribution is 7.89. The van der Waals surface area contributed by atoms with Crippen LogP contribution in [0.2, 0.25) is 0 Å². The minimum absolute atomic E-state index is 0.419. The Morgan fingerprint density at radius 3 is 2.26 bits per heavy atom. The lowest BCUT2D eigenvalue weighted by Gasteiger charge is -2.41. The number of aryl methyl sites for hydroxylation is 1. The molecule has 4 nitrogen and oxygen atoms in total. The van der Waals surface area contributed by atoms with Gasteiger partial charge in [-0.05, 0) is 37.8 Å². The number of sulfonamides is 1. The van der Waals surface area contributed by atoms with Gasteiger partial charge in [0.1, 0.15) is 0 Å². The first-order valence-corrected chi connectivity index (χ1v) is 10.2. The molecule has 1 heterocycles. The Hall–Kier alpha value is -0.910. The lowest BCUT2D eigenvalue weighted by Crippen LogP contribution is -2.52. The number of hydrogen-bond donors (Lipinski definition) is 0. The van der Waals surface area contributed by atoms with E-state index in [1.54, 1.807) is 16.4 Å². The summed E-state index contributed by atoms with van der Waals surface area (Å²) in [5, 5.41) is 0. The molecular weight excluding hydrogens is 308 g/mol. The monoisotopic (exact) mass is 336 g/mol. The van der Waals surface area contributed by atoms with Gasteiger partial charge in [-0.25, -0.2) is 8.42 Å². The van der Waals surface area contributed by atoms with Gasteiger partial charge in [0, 0.05) is 32.2 Å². The molecule has 2 atom stereocenters. The van der Waals surface area contributed by atoms with E-state index in [2.05, 4.69) is 11.8 Å². The van der Waals surface area contributed by atoms with E-state index in [9.17, 15) is 8.42 Å². The molecule has 1 saturated heterocycles. The van der Waals surface area contributed by atoms with Crippen molar-refractivity contribution in [3.63, 3.8) is 0 Å². The summed E-state index contributed by atoms with van der Waals surface area (Å²) in [5.41, 5.74) is 1.08. The highest BCUT2D eigenvalue weighted by Crippen LogP contribution is 2.28. The topological polar surface area (TPSA) is 40.6 Å². The normalized spacial score (nSPS) is 27.9. The Bertz CT molecular complexity index is 619. The van der Waals surface area contributed by atoms with Crippen molar-refractivity contribution in [3.8, 4) is 0 Å². The molecule has 0 N–H and O–H groups in total. The number of rotatable bonds is 3. The molecule has 0 aromatic heterocycles. The summed E-state index contributed by atoms with van der Waals surface area (Å²) in [6.07, 6.45) is 5.20. The fraction of sp³-hybridized carbons (Fsp3) is 0.667. The lowest BCUT2D eigenvalue weighted by molar-refractivity contribution is 0.0967. The van der Waals surface area contributed by atoms with Gasteiger partial charge in [0.15, 0.2) is 0 Å². The zero-order valence-corrected chi connectivity index (χ0v) is 15.1. The third-order valence-corrected chi connectivity index (χ3v) is 7.27. The van der Waals surface area contributed by atoms with Crippen LogP contribution in [0.25, 0.3) is 0 Å². The van der Waals surface area contributed by atoms with Gasteiger partial charge in [-0.2, -0.15) is 4.31 Å². The van der Waals surface area contributed by atoms with Crippen molar-refractivity contribution < 1.29 is 8.42 Å². The molecule has 1 aromatic rings. The van der Waals surface area contributed by atoms with Crippen molar-refractivity contribution in [3.05, 3.63) is 29.8 Å². The van der Waals surface area contributed by atoms with Gasteiger partial charge in [0.2, 0.25) is 10.0 Å². The zero-order valence-electron chi connectivity index (χ0n) is 14.2. The van der Waals surface area contributed by atoms with Crippen LogP contribution in [-0.2, 0) is 10.0 Å². The standard InChI is InChI=1S/C18H28N2O2S/c1-15-6-8-18(9-7-15)23(21,22)20-12-10-19(11-13-20)17-5-3-4-16(2)14-17/h6-9,16-17H,3-5,10-14H2,1-2H3/t16-,17-/m0/s1. The predicted molar refractivity (Wildman–Crippen MR) is 92.9 cm³/mol. The maximum absolute atomic E-state index is 12.7. The molecule has 0 radical (unpaired) electrons. The Balaban J connectivity index is 1.63. The Kier molecular flexibility index (Phi) is 5.09. The lowest BCUT2D eigenvalue weighted by atomic mass is 9.86. The summed E-state index contributed by atoms with van der Waals surface area (Å²) in [5.74, 6) is 0.808. The van der Waals surface area contributed by atoms with E-state index < -0.39 is 10.0 Å².